The van der Waals surface area contributed by atoms with Crippen molar-refractivity contribution in [2.24, 2.45) is 5.92 Å². The minimum absolute atomic E-state index is 0.0851. The Kier molecular flexibility index (Phi) is 3.54. The number of hydrogen-bond donors (Lipinski definition) is 1. The molecule has 1 atom stereocenters. The van der Waals surface area contributed by atoms with Crippen LogP contribution in [-0.4, -0.2) is 24.2 Å². The second kappa shape index (κ2) is 4.85. The smallest absolute Gasteiger partial charge is 0.396 e. The summed E-state index contributed by atoms with van der Waals surface area (Å²) in [6, 6.07) is 3.72. The zero-order chi connectivity index (χ0) is 14.2. The normalized spacial score (nSPS) is 20.2. The van der Waals surface area contributed by atoms with E-state index in [4.69, 9.17) is 5.11 Å². The molecule has 1 aromatic rings. The van der Waals surface area contributed by atoms with Gasteiger partial charge in [-0.05, 0) is 24.6 Å². The molecule has 6 heteroatoms. The van der Waals surface area contributed by atoms with Gasteiger partial charge in [0, 0.05) is 25.5 Å². The van der Waals surface area contributed by atoms with E-state index in [1.807, 2.05) is 0 Å². The van der Waals surface area contributed by atoms with Crippen LogP contribution in [0.4, 0.5) is 18.9 Å². The van der Waals surface area contributed by atoms with E-state index in [9.17, 15) is 18.0 Å². The van der Waals surface area contributed by atoms with Crippen LogP contribution in [0.5, 0.6) is 0 Å². The first-order valence-electron chi connectivity index (χ1n) is 5.92. The van der Waals surface area contributed by atoms with Crippen molar-refractivity contribution in [3.63, 3.8) is 0 Å². The summed E-state index contributed by atoms with van der Waals surface area (Å²) >= 11 is 0. The summed E-state index contributed by atoms with van der Waals surface area (Å²) in [7, 11) is 0. The summed E-state index contributed by atoms with van der Waals surface area (Å²) in [6.07, 6.45) is -4.41. The van der Waals surface area contributed by atoms with Crippen LogP contribution in [-0.2, 0) is 11.0 Å². The number of rotatable bonds is 2. The molecule has 0 aromatic heterocycles. The van der Waals surface area contributed by atoms with Gasteiger partial charge in [0.05, 0.1) is 11.3 Å². The highest BCUT2D eigenvalue weighted by Crippen LogP contribution is 2.39. The standard InChI is InChI=1S/C13H14F3NO2/c1-8-2-3-10(13(14,15)16)11(4-8)17-6-9(7-18)5-12(17)19/h2-4,9,18H,5-7H2,1H3. The topological polar surface area (TPSA) is 40.5 Å². The van der Waals surface area contributed by atoms with Gasteiger partial charge in [0.25, 0.3) is 0 Å². The number of benzene rings is 1. The molecule has 0 saturated carbocycles. The van der Waals surface area contributed by atoms with E-state index in [0.717, 1.165) is 11.0 Å². The maximum Gasteiger partial charge on any atom is 0.418 e. The molecule has 1 aliphatic heterocycles. The van der Waals surface area contributed by atoms with Gasteiger partial charge < -0.3 is 10.0 Å². The predicted molar refractivity (Wildman–Crippen MR) is 63.7 cm³/mol. The Bertz CT molecular complexity index is 499. The monoisotopic (exact) mass is 273 g/mol. The molecule has 19 heavy (non-hydrogen) atoms. The lowest BCUT2D eigenvalue weighted by atomic mass is 10.1. The number of carbonyl (C=O) groups is 1. The number of nitrogens with zero attached hydrogens (tertiary/aromatic N) is 1. The zero-order valence-corrected chi connectivity index (χ0v) is 10.4. The van der Waals surface area contributed by atoms with Crippen molar-refractivity contribution in [3.8, 4) is 0 Å². The lowest BCUT2D eigenvalue weighted by Crippen LogP contribution is -2.27. The average Bonchev–Trinajstić information content (AvgIpc) is 2.68. The fourth-order valence-electron chi connectivity index (χ4n) is 2.24. The molecule has 104 valence electrons. The van der Waals surface area contributed by atoms with Crippen LogP contribution in [0.25, 0.3) is 0 Å². The Morgan fingerprint density at radius 1 is 1.42 bits per heavy atom. The van der Waals surface area contributed by atoms with Gasteiger partial charge in [-0.2, -0.15) is 13.2 Å². The van der Waals surface area contributed by atoms with Crippen molar-refractivity contribution < 1.29 is 23.1 Å². The van der Waals surface area contributed by atoms with Crippen LogP contribution in [0.2, 0.25) is 0 Å². The molecule has 1 amide bonds. The van der Waals surface area contributed by atoms with E-state index >= 15 is 0 Å². The Labute approximate surface area is 108 Å². The van der Waals surface area contributed by atoms with Gasteiger partial charge in [0.1, 0.15) is 0 Å². The minimum Gasteiger partial charge on any atom is -0.396 e. The quantitative estimate of drug-likeness (QED) is 0.898. The molecule has 1 fully saturated rings. The van der Waals surface area contributed by atoms with Crippen molar-refractivity contribution >= 4 is 11.6 Å². The number of aliphatic hydroxyl groups is 1. The maximum atomic E-state index is 13.0. The number of halogens is 3. The molecule has 3 nitrogen and oxygen atoms in total. The number of hydrogen-bond acceptors (Lipinski definition) is 2. The third kappa shape index (κ3) is 2.73. The molecule has 1 N–H and O–H groups in total. The first kappa shape index (κ1) is 13.9. The van der Waals surface area contributed by atoms with Gasteiger partial charge in [-0.3, -0.25) is 4.79 Å². The summed E-state index contributed by atoms with van der Waals surface area (Å²) < 4.78 is 38.9. The Hall–Kier alpha value is -1.56. The van der Waals surface area contributed by atoms with Crippen LogP contribution in [0.1, 0.15) is 17.5 Å². The van der Waals surface area contributed by atoms with Gasteiger partial charge in [-0.15, -0.1) is 0 Å². The van der Waals surface area contributed by atoms with Gasteiger partial charge in [-0.1, -0.05) is 6.07 Å². The molecular weight excluding hydrogens is 259 g/mol. The van der Waals surface area contributed by atoms with Crippen LogP contribution >= 0.6 is 0 Å². The average molecular weight is 273 g/mol. The van der Waals surface area contributed by atoms with Crippen molar-refractivity contribution in [1.29, 1.82) is 0 Å². The molecule has 1 aromatic carbocycles. The highest BCUT2D eigenvalue weighted by atomic mass is 19.4. The van der Waals surface area contributed by atoms with E-state index in [-0.39, 0.29) is 37.1 Å². The molecule has 1 saturated heterocycles. The van der Waals surface area contributed by atoms with Gasteiger partial charge in [0.15, 0.2) is 0 Å². The van der Waals surface area contributed by atoms with E-state index in [0.29, 0.717) is 5.56 Å². The van der Waals surface area contributed by atoms with Gasteiger partial charge in [-0.25, -0.2) is 0 Å². The molecule has 2 rings (SSSR count). The second-order valence-corrected chi connectivity index (χ2v) is 4.78. The van der Waals surface area contributed by atoms with E-state index < -0.39 is 11.7 Å². The summed E-state index contributed by atoms with van der Waals surface area (Å²) in [5.41, 5.74) is -0.276. The number of aliphatic hydroxyl groups excluding tert-OH is 1. The van der Waals surface area contributed by atoms with Crippen LogP contribution in [0.3, 0.4) is 0 Å². The van der Waals surface area contributed by atoms with E-state index in [2.05, 4.69) is 0 Å². The maximum absolute atomic E-state index is 13.0. The van der Waals surface area contributed by atoms with E-state index in [1.165, 1.54) is 12.1 Å². The summed E-state index contributed by atoms with van der Waals surface area (Å²) in [5, 5.41) is 9.03. The van der Waals surface area contributed by atoms with E-state index in [1.54, 1.807) is 6.92 Å². The van der Waals surface area contributed by atoms with Crippen molar-refractivity contribution in [2.75, 3.05) is 18.1 Å². The molecule has 1 aliphatic rings. The van der Waals surface area contributed by atoms with Crippen LogP contribution in [0, 0.1) is 12.8 Å². The largest absolute Gasteiger partial charge is 0.418 e. The van der Waals surface area contributed by atoms with Gasteiger partial charge >= 0.3 is 6.18 Å². The van der Waals surface area contributed by atoms with Crippen molar-refractivity contribution in [3.05, 3.63) is 29.3 Å². The highest BCUT2D eigenvalue weighted by Gasteiger charge is 2.38. The Morgan fingerprint density at radius 2 is 2.11 bits per heavy atom. The zero-order valence-electron chi connectivity index (χ0n) is 10.4. The van der Waals surface area contributed by atoms with Gasteiger partial charge in [0.2, 0.25) is 5.91 Å². The lowest BCUT2D eigenvalue weighted by Gasteiger charge is -2.22. The first-order chi connectivity index (χ1) is 8.82. The Balaban J connectivity index is 2.44. The molecule has 0 aliphatic carbocycles. The lowest BCUT2D eigenvalue weighted by molar-refractivity contribution is -0.137. The third-order valence-electron chi connectivity index (χ3n) is 3.21. The molecule has 0 bridgehead atoms. The molecular formula is C13H14F3NO2. The first-order valence-corrected chi connectivity index (χ1v) is 5.92. The van der Waals surface area contributed by atoms with Crippen molar-refractivity contribution in [2.45, 2.75) is 19.5 Å². The second-order valence-electron chi connectivity index (χ2n) is 4.78. The third-order valence-corrected chi connectivity index (χ3v) is 3.21. The Morgan fingerprint density at radius 3 is 2.63 bits per heavy atom. The number of amides is 1. The highest BCUT2D eigenvalue weighted by molar-refractivity contribution is 5.96. The molecule has 1 unspecified atom stereocenters. The van der Waals surface area contributed by atoms with Crippen molar-refractivity contribution in [1.82, 2.24) is 0 Å². The molecule has 0 spiro atoms. The number of carbonyl (C=O) groups excluding carboxylic acids is 1. The number of anilines is 1. The fraction of sp³-hybridized carbons (Fsp3) is 0.462. The summed E-state index contributed by atoms with van der Waals surface area (Å²) in [5.74, 6) is -0.677. The van der Waals surface area contributed by atoms with Crippen LogP contribution < -0.4 is 4.90 Å². The number of aryl methyl sites for hydroxylation is 1. The number of alkyl halides is 3. The minimum atomic E-state index is -4.50. The van der Waals surface area contributed by atoms with Crippen LogP contribution in [0.15, 0.2) is 18.2 Å². The summed E-state index contributed by atoms with van der Waals surface area (Å²) in [6.45, 7) is 1.60. The SMILES string of the molecule is Cc1ccc(C(F)(F)F)c(N2CC(CO)CC2=O)c1. The molecule has 0 radical (unpaired) electrons. The fourth-order valence-corrected chi connectivity index (χ4v) is 2.24. The summed E-state index contributed by atoms with van der Waals surface area (Å²) in [4.78, 5) is 12.9. The molecule has 1 heterocycles. The predicted octanol–water partition coefficient (Wildman–Crippen LogP) is 2.36.